The van der Waals surface area contributed by atoms with Crippen molar-refractivity contribution in [2.45, 2.75) is 39.2 Å². The van der Waals surface area contributed by atoms with Crippen LogP contribution in [0.5, 0.6) is 0 Å². The monoisotopic (exact) mass is 1260 g/mol. The van der Waals surface area contributed by atoms with Gasteiger partial charge in [0.25, 0.3) is 0 Å². The molecule has 6 heterocycles. The van der Waals surface area contributed by atoms with E-state index < -0.39 is 20.1 Å². The largest absolute Gasteiger partial charge is 0.309 e. The summed E-state index contributed by atoms with van der Waals surface area (Å²) in [6, 6.07) is 126. The van der Waals surface area contributed by atoms with Gasteiger partial charge in [-0.25, -0.2) is 19.9 Å². The van der Waals surface area contributed by atoms with Crippen LogP contribution in [-0.2, 0) is 0 Å². The minimum atomic E-state index is -2.16. The van der Waals surface area contributed by atoms with E-state index in [1.165, 1.54) is 49.9 Å². The molecule has 0 aliphatic rings. The number of para-hydroxylation sites is 6. The Morgan fingerprint density at radius 3 is 1.09 bits per heavy atom. The third-order valence-corrected chi connectivity index (χ3v) is 26.5. The van der Waals surface area contributed by atoms with Gasteiger partial charge in [-0.2, -0.15) is 0 Å². The third-order valence-electron chi connectivity index (χ3n) is 18.7. The van der Waals surface area contributed by atoms with Gasteiger partial charge in [0.1, 0.15) is 11.6 Å². The highest BCUT2D eigenvalue weighted by molar-refractivity contribution is 8.34. The molecule has 13 aromatic carbocycles. The highest BCUT2D eigenvalue weighted by atomic mass is 32.3. The Morgan fingerprint density at radius 1 is 0.221 bits per heavy atom. The molecule has 11 heteroatoms. The van der Waals surface area contributed by atoms with E-state index in [0.29, 0.717) is 23.2 Å². The maximum absolute atomic E-state index is 5.82. The van der Waals surface area contributed by atoms with Crippen LogP contribution in [0.2, 0.25) is 0 Å². The van der Waals surface area contributed by atoms with Crippen molar-refractivity contribution >= 4 is 97.6 Å². The highest BCUT2D eigenvalue weighted by Gasteiger charge is 2.37. The van der Waals surface area contributed by atoms with E-state index in [4.69, 9.17) is 19.9 Å². The molecule has 0 aliphatic carbocycles. The molecular formula is C84H57N9S2. The Hall–Kier alpha value is -12.0. The number of nitrogens with zero attached hydrogens (tertiary/aromatic N) is 9. The molecule has 6 aromatic heterocycles. The minimum Gasteiger partial charge on any atom is -0.309 e. The standard InChI is InChI=1S/C84H57N9S2/c1-7-30-60(31-8-1)94(61-32-9-2-10-33-61,62-34-11-3-12-35-62)66-50-52-71-78(55-66)91-79-56-67(95(63-36-13-4-14-37-63,64-38-15-5-16-39-64)65-40-17-6-18-41-65)51-53-77(79)93(84(91)86-71)81-57-80(92-76-49-26-25-48-75(76)90-74-47-24-21-44-70(74)85-83(90)92)87-82(88-81)58-28-27-29-59(54-58)89-72-45-22-19-42-68(72)69-43-20-23-46-73(69)89/h1-57H. The van der Waals surface area contributed by atoms with Gasteiger partial charge < -0.3 is 4.57 Å². The van der Waals surface area contributed by atoms with E-state index in [-0.39, 0.29) is 0 Å². The predicted octanol–water partition coefficient (Wildman–Crippen LogP) is 21.4. The second kappa shape index (κ2) is 21.8. The highest BCUT2D eigenvalue weighted by Crippen LogP contribution is 2.75. The van der Waals surface area contributed by atoms with Crippen LogP contribution in [0.25, 0.3) is 106 Å². The number of benzene rings is 13. The van der Waals surface area contributed by atoms with Crippen molar-refractivity contribution in [3.63, 3.8) is 0 Å². The molecule has 450 valence electrons. The Bertz CT molecular complexity index is 5910. The normalized spacial score (nSPS) is 12.5. The van der Waals surface area contributed by atoms with Gasteiger partial charge in [0, 0.05) is 67.3 Å². The van der Waals surface area contributed by atoms with Gasteiger partial charge in [-0.15, -0.1) is 20.1 Å². The molecule has 0 saturated carbocycles. The lowest BCUT2D eigenvalue weighted by Crippen LogP contribution is -2.07. The van der Waals surface area contributed by atoms with Crippen LogP contribution in [-0.4, -0.2) is 42.4 Å². The van der Waals surface area contributed by atoms with Gasteiger partial charge in [0.15, 0.2) is 5.82 Å². The average Bonchev–Trinajstić information content (AvgIpc) is 1.44. The molecular weight excluding hydrogens is 1200 g/mol. The summed E-state index contributed by atoms with van der Waals surface area (Å²) in [4.78, 5) is 32.5. The Morgan fingerprint density at radius 2 is 0.600 bits per heavy atom. The van der Waals surface area contributed by atoms with E-state index in [1.54, 1.807) is 0 Å². The summed E-state index contributed by atoms with van der Waals surface area (Å²) in [7, 11) is -4.29. The SMILES string of the molecule is c1ccc(S(c2ccccc2)(c2ccccc2)c2ccc3nc4n(-c5cc(-n6c7ccccc7n7c8ccccc8nc67)nc(-c6cccc(-n7c8ccccc8c8ccccc87)c6)n5)c5ccc(S(c6ccccc6)(c6ccccc6)c6ccccc6)cc5n4c3c2)cc1. The van der Waals surface area contributed by atoms with Gasteiger partial charge >= 0.3 is 0 Å². The van der Waals surface area contributed by atoms with Crippen LogP contribution in [0, 0.1) is 0 Å². The van der Waals surface area contributed by atoms with Crippen molar-refractivity contribution in [2.24, 2.45) is 0 Å². The molecule has 0 bridgehead atoms. The van der Waals surface area contributed by atoms with Gasteiger partial charge in [0.05, 0.1) is 55.2 Å². The van der Waals surface area contributed by atoms with Crippen LogP contribution in [0.1, 0.15) is 0 Å². The molecule has 0 fully saturated rings. The zero-order chi connectivity index (χ0) is 62.6. The third kappa shape index (κ3) is 8.26. The molecule has 19 aromatic rings. The van der Waals surface area contributed by atoms with Crippen molar-refractivity contribution in [3.05, 3.63) is 346 Å². The lowest BCUT2D eigenvalue weighted by atomic mass is 10.1. The van der Waals surface area contributed by atoms with Crippen molar-refractivity contribution in [2.75, 3.05) is 0 Å². The maximum Gasteiger partial charge on any atom is 0.221 e. The zero-order valence-electron chi connectivity index (χ0n) is 51.3. The summed E-state index contributed by atoms with van der Waals surface area (Å²) in [5, 5.41) is 2.39. The average molecular weight is 1260 g/mol. The molecule has 0 radical (unpaired) electrons. The quantitative estimate of drug-likeness (QED) is 0.122. The maximum atomic E-state index is 5.82. The van der Waals surface area contributed by atoms with E-state index >= 15 is 0 Å². The van der Waals surface area contributed by atoms with Crippen molar-refractivity contribution in [1.29, 1.82) is 0 Å². The van der Waals surface area contributed by atoms with E-state index in [0.717, 1.165) is 72.2 Å². The minimum absolute atomic E-state index is 0.546. The fourth-order valence-corrected chi connectivity index (χ4v) is 22.5. The number of rotatable bonds is 12. The van der Waals surface area contributed by atoms with Crippen molar-refractivity contribution in [3.8, 4) is 28.7 Å². The van der Waals surface area contributed by atoms with Gasteiger partial charge in [0.2, 0.25) is 11.6 Å². The summed E-state index contributed by atoms with van der Waals surface area (Å²) >= 11 is 0. The fraction of sp³-hybridized carbons (Fsp3) is 0. The molecule has 0 atom stereocenters. The second-order valence-corrected chi connectivity index (χ2v) is 30.1. The zero-order valence-corrected chi connectivity index (χ0v) is 52.9. The molecule has 0 aliphatic heterocycles. The lowest BCUT2D eigenvalue weighted by Gasteiger charge is -2.42. The Labute approximate surface area is 550 Å². The molecule has 0 amide bonds. The van der Waals surface area contributed by atoms with E-state index in [9.17, 15) is 0 Å². The Kier molecular flexibility index (Phi) is 12.6. The topological polar surface area (TPSA) is 75.2 Å². The fourth-order valence-electron chi connectivity index (χ4n) is 14.7. The molecule has 9 nitrogen and oxygen atoms in total. The van der Waals surface area contributed by atoms with Crippen LogP contribution in [0.4, 0.5) is 0 Å². The van der Waals surface area contributed by atoms with Crippen LogP contribution >= 0.6 is 20.1 Å². The van der Waals surface area contributed by atoms with Gasteiger partial charge in [-0.3, -0.25) is 17.9 Å². The number of aromatic nitrogens is 9. The molecule has 0 spiro atoms. The van der Waals surface area contributed by atoms with Gasteiger partial charge in [-0.05, 0) is 158 Å². The number of hydrogen-bond acceptors (Lipinski definition) is 4. The number of fused-ring (bicyclic) bond motifs is 13. The van der Waals surface area contributed by atoms with Crippen LogP contribution < -0.4 is 0 Å². The van der Waals surface area contributed by atoms with Crippen LogP contribution in [0.15, 0.2) is 385 Å². The summed E-state index contributed by atoms with van der Waals surface area (Å²) in [6.45, 7) is 0. The van der Waals surface area contributed by atoms with E-state index in [1.807, 2.05) is 0 Å². The number of hydrogen-bond donors (Lipinski definition) is 0. The molecule has 0 N–H and O–H groups in total. The first-order chi connectivity index (χ1) is 47.1. The number of imidazole rings is 4. The first kappa shape index (κ1) is 54.7. The summed E-state index contributed by atoms with van der Waals surface area (Å²) in [5.74, 6) is 3.31. The smallest absolute Gasteiger partial charge is 0.221 e. The molecule has 95 heavy (non-hydrogen) atoms. The van der Waals surface area contributed by atoms with E-state index in [2.05, 4.69) is 368 Å². The predicted molar refractivity (Wildman–Crippen MR) is 388 cm³/mol. The summed E-state index contributed by atoms with van der Waals surface area (Å²) in [6.07, 6.45) is 0. The van der Waals surface area contributed by atoms with Crippen LogP contribution in [0.3, 0.4) is 0 Å². The first-order valence-corrected chi connectivity index (χ1v) is 35.2. The Balaban J connectivity index is 0.941. The van der Waals surface area contributed by atoms with Gasteiger partial charge in [-0.1, -0.05) is 182 Å². The van der Waals surface area contributed by atoms with Crippen molar-refractivity contribution < 1.29 is 0 Å². The van der Waals surface area contributed by atoms with Crippen molar-refractivity contribution in [1.82, 2.24) is 42.4 Å². The summed E-state index contributed by atoms with van der Waals surface area (Å²) < 4.78 is 11.5. The summed E-state index contributed by atoms with van der Waals surface area (Å²) in [5.41, 5.74) is 11.7. The lowest BCUT2D eigenvalue weighted by molar-refractivity contribution is 0.969. The molecule has 19 rings (SSSR count). The second-order valence-electron chi connectivity index (χ2n) is 23.9. The first-order valence-electron chi connectivity index (χ1n) is 31.9. The molecule has 0 saturated heterocycles. The molecule has 0 unspecified atom stereocenters.